The van der Waals surface area contributed by atoms with Crippen LogP contribution in [0.1, 0.15) is 95.5 Å². The van der Waals surface area contributed by atoms with Crippen molar-refractivity contribution in [2.45, 2.75) is 103 Å². The summed E-state index contributed by atoms with van der Waals surface area (Å²) in [6.07, 6.45) is 7.45. The summed E-state index contributed by atoms with van der Waals surface area (Å²) in [5.41, 5.74) is 11.6. The molecular formula is C52H56N4O8. The Hall–Kier alpha value is -6.18. The monoisotopic (exact) mass is 864 g/mol. The molecule has 6 aromatic rings. The molecular weight excluding hydrogens is 809 g/mol. The second-order valence-electron chi connectivity index (χ2n) is 17.0. The van der Waals surface area contributed by atoms with Crippen LogP contribution >= 0.6 is 0 Å². The number of carbonyl (C=O) groups is 2. The minimum Gasteiger partial charge on any atom is -0.421 e. The van der Waals surface area contributed by atoms with Gasteiger partial charge in [0.05, 0.1) is 23.2 Å². The lowest BCUT2D eigenvalue weighted by Crippen LogP contribution is -2.33. The van der Waals surface area contributed by atoms with Crippen LogP contribution in [0.15, 0.2) is 94.5 Å². The molecule has 0 spiro atoms. The van der Waals surface area contributed by atoms with Crippen LogP contribution in [0, 0.1) is 0 Å². The number of ether oxygens (including phenoxy) is 2. The molecule has 0 amide bonds. The fraction of sp³-hybridized carbons (Fsp3) is 0.346. The van der Waals surface area contributed by atoms with Crippen molar-refractivity contribution in [1.29, 1.82) is 0 Å². The smallest absolute Gasteiger partial charge is 0.336 e. The first kappa shape index (κ1) is 44.4. The average Bonchev–Trinajstić information content (AvgIpc) is 3.90. The number of hydrogen-bond acceptors (Lipinski definition) is 10. The third-order valence-corrected chi connectivity index (χ3v) is 12.9. The van der Waals surface area contributed by atoms with Gasteiger partial charge in [0.1, 0.15) is 0 Å². The van der Waals surface area contributed by atoms with Crippen molar-refractivity contribution in [2.24, 2.45) is 0 Å². The summed E-state index contributed by atoms with van der Waals surface area (Å²) in [4.78, 5) is 56.4. The van der Waals surface area contributed by atoms with Crippen LogP contribution in [0.2, 0.25) is 0 Å². The lowest BCUT2D eigenvalue weighted by atomic mass is 9.97. The van der Waals surface area contributed by atoms with Gasteiger partial charge in [-0.1, -0.05) is 64.1 Å². The molecule has 2 unspecified atom stereocenters. The van der Waals surface area contributed by atoms with E-state index in [2.05, 4.69) is 72.6 Å². The van der Waals surface area contributed by atoms with E-state index < -0.39 is 35.3 Å². The van der Waals surface area contributed by atoms with Crippen molar-refractivity contribution in [2.75, 3.05) is 13.1 Å². The van der Waals surface area contributed by atoms with Gasteiger partial charge in [0.15, 0.2) is 11.5 Å². The Balaban J connectivity index is 0.896. The van der Waals surface area contributed by atoms with E-state index in [9.17, 15) is 29.4 Å². The fourth-order valence-corrected chi connectivity index (χ4v) is 9.60. The number of fused-ring (bicyclic) bond motifs is 4. The molecule has 2 aromatic heterocycles. The molecule has 0 saturated carbocycles. The summed E-state index contributed by atoms with van der Waals surface area (Å²) in [5.74, 6) is -1.76. The van der Waals surface area contributed by atoms with Crippen LogP contribution in [0.4, 0.5) is 0 Å². The summed E-state index contributed by atoms with van der Waals surface area (Å²) in [6.45, 7) is 9.27. The number of esters is 2. The Morgan fingerprint density at radius 2 is 0.922 bits per heavy atom. The zero-order chi connectivity index (χ0) is 45.1. The number of benzene rings is 4. The highest BCUT2D eigenvalue weighted by Crippen LogP contribution is 2.33. The van der Waals surface area contributed by atoms with Crippen molar-refractivity contribution >= 4 is 33.7 Å². The number of aromatic nitrogens is 2. The molecule has 6 N–H and O–H groups in total. The Labute approximate surface area is 371 Å². The molecule has 332 valence electrons. The normalized spacial score (nSPS) is 14.9. The number of carbonyl (C=O) groups excluding carboxylic acids is 2. The maximum atomic E-state index is 13.0. The Morgan fingerprint density at radius 3 is 1.25 bits per heavy atom. The summed E-state index contributed by atoms with van der Waals surface area (Å²) >= 11 is 0. The standard InChI is InChI=1S/C52H56N4O8/c1-5-29-19-33-23-37(24-34(33)20-30(29)6-2)53-27-43(57)39-9-13-45(51-41(39)11-15-47(59)55-51)63-49(61)17-18-50(62)64-46-14-10-40(42-12-16-48(60)56-52(42)46)44(58)28-54-38-25-35-21-31(7-3)32(8-4)22-36(35)26-38/h9-22,37-38,43-44,53-54,57-58H,5-8,23-28H2,1-4H3,(H,55,59)(H,56,60)/b18-17-. The van der Waals surface area contributed by atoms with Gasteiger partial charge in [-0.2, -0.15) is 0 Å². The molecule has 8 rings (SSSR count). The zero-order valence-corrected chi connectivity index (χ0v) is 36.8. The van der Waals surface area contributed by atoms with Crippen LogP contribution < -0.4 is 31.2 Å². The fourth-order valence-electron chi connectivity index (χ4n) is 9.60. The van der Waals surface area contributed by atoms with Crippen molar-refractivity contribution in [3.8, 4) is 11.5 Å². The Morgan fingerprint density at radius 1 is 0.578 bits per heavy atom. The molecule has 12 heteroatoms. The number of aryl methyl sites for hydroxylation is 4. The van der Waals surface area contributed by atoms with E-state index in [0.29, 0.717) is 21.9 Å². The largest absolute Gasteiger partial charge is 0.421 e. The quantitative estimate of drug-likeness (QED) is 0.0369. The van der Waals surface area contributed by atoms with Crippen LogP contribution in [0.5, 0.6) is 11.5 Å². The number of aliphatic hydroxyl groups is 2. The minimum atomic E-state index is -0.923. The van der Waals surface area contributed by atoms with Gasteiger partial charge in [0, 0.05) is 60.2 Å². The van der Waals surface area contributed by atoms with Crippen molar-refractivity contribution in [1.82, 2.24) is 20.6 Å². The van der Waals surface area contributed by atoms with Crippen LogP contribution in [0.25, 0.3) is 21.8 Å². The maximum absolute atomic E-state index is 13.0. The van der Waals surface area contributed by atoms with Gasteiger partial charge < -0.3 is 40.3 Å². The van der Waals surface area contributed by atoms with E-state index in [4.69, 9.17) is 9.47 Å². The topological polar surface area (TPSA) is 183 Å². The van der Waals surface area contributed by atoms with Gasteiger partial charge in [-0.15, -0.1) is 0 Å². The molecule has 0 bridgehead atoms. The molecule has 4 aromatic carbocycles. The predicted molar refractivity (Wildman–Crippen MR) is 248 cm³/mol. The highest BCUT2D eigenvalue weighted by molar-refractivity contribution is 5.97. The Kier molecular flexibility index (Phi) is 13.4. The van der Waals surface area contributed by atoms with Crippen LogP contribution in [-0.2, 0) is 61.0 Å². The lowest BCUT2D eigenvalue weighted by molar-refractivity contribution is -0.131. The summed E-state index contributed by atoms with van der Waals surface area (Å²) < 4.78 is 11.2. The van der Waals surface area contributed by atoms with Gasteiger partial charge in [-0.25, -0.2) is 9.59 Å². The molecule has 12 nitrogen and oxygen atoms in total. The second kappa shape index (κ2) is 19.3. The van der Waals surface area contributed by atoms with Gasteiger partial charge in [-0.3, -0.25) is 9.59 Å². The van der Waals surface area contributed by atoms with E-state index in [1.165, 1.54) is 68.8 Å². The third-order valence-electron chi connectivity index (χ3n) is 12.9. The average molecular weight is 865 g/mol. The summed E-state index contributed by atoms with van der Waals surface area (Å²) in [6, 6.07) is 21.8. The first-order valence-electron chi connectivity index (χ1n) is 22.5. The first-order chi connectivity index (χ1) is 30.9. The minimum absolute atomic E-state index is 0.0326. The number of nitrogens with one attached hydrogen (secondary N) is 4. The van der Waals surface area contributed by atoms with E-state index in [-0.39, 0.29) is 47.7 Å². The first-order valence-corrected chi connectivity index (χ1v) is 22.5. The zero-order valence-electron chi connectivity index (χ0n) is 36.8. The number of aromatic amines is 2. The van der Waals surface area contributed by atoms with Gasteiger partial charge in [0.25, 0.3) is 0 Å². The number of hydrogen-bond donors (Lipinski definition) is 6. The van der Waals surface area contributed by atoms with Crippen molar-refractivity contribution in [3.63, 3.8) is 0 Å². The summed E-state index contributed by atoms with van der Waals surface area (Å²) in [7, 11) is 0. The van der Waals surface area contributed by atoms with Gasteiger partial charge >= 0.3 is 11.9 Å². The van der Waals surface area contributed by atoms with Crippen LogP contribution in [0.3, 0.4) is 0 Å². The van der Waals surface area contributed by atoms with Gasteiger partial charge in [0.2, 0.25) is 11.1 Å². The molecule has 64 heavy (non-hydrogen) atoms. The molecule has 2 atom stereocenters. The number of H-pyrrole nitrogens is 2. The highest BCUT2D eigenvalue weighted by Gasteiger charge is 2.26. The predicted octanol–water partition coefficient (Wildman–Crippen LogP) is 6.27. The van der Waals surface area contributed by atoms with E-state index >= 15 is 0 Å². The number of pyridine rings is 2. The molecule has 2 heterocycles. The van der Waals surface area contributed by atoms with E-state index in [0.717, 1.165) is 63.5 Å². The molecule has 2 aliphatic carbocycles. The molecule has 2 aliphatic rings. The van der Waals surface area contributed by atoms with E-state index in [1.54, 1.807) is 24.3 Å². The number of aliphatic hydroxyl groups excluding tert-OH is 2. The number of rotatable bonds is 16. The SMILES string of the molecule is CCc1cc2c(cc1CC)CC(NCC(O)c1ccc(OC(=O)/C=C\C(=O)Oc3ccc(C(O)CNC4Cc5cc(CC)c(CC)cc5C4)c4ccc(=O)[nH]c34)c3[nH]c(=O)ccc13)C2. The van der Waals surface area contributed by atoms with Gasteiger partial charge in [-0.05, 0) is 131 Å². The van der Waals surface area contributed by atoms with E-state index in [1.807, 2.05) is 0 Å². The Bertz CT molecular complexity index is 2640. The highest BCUT2D eigenvalue weighted by atomic mass is 16.5. The third kappa shape index (κ3) is 9.51. The second-order valence-corrected chi connectivity index (χ2v) is 17.0. The maximum Gasteiger partial charge on any atom is 0.336 e. The molecule has 0 saturated heterocycles. The molecule has 0 fully saturated rings. The molecule has 0 aliphatic heterocycles. The van der Waals surface area contributed by atoms with Crippen molar-refractivity contribution in [3.05, 3.63) is 161 Å². The lowest BCUT2D eigenvalue weighted by Gasteiger charge is -2.19. The molecule has 0 radical (unpaired) electrons. The van der Waals surface area contributed by atoms with Crippen molar-refractivity contribution < 1.29 is 29.3 Å². The van der Waals surface area contributed by atoms with Crippen LogP contribution in [-0.4, -0.2) is 57.3 Å². The summed E-state index contributed by atoms with van der Waals surface area (Å²) in [5, 5.41) is 30.8.